The molecule has 8 heteroatoms. The lowest BCUT2D eigenvalue weighted by atomic mass is 9.94. The highest BCUT2D eigenvalue weighted by molar-refractivity contribution is 5.76. The van der Waals surface area contributed by atoms with Gasteiger partial charge in [-0.25, -0.2) is 9.37 Å². The first-order valence-electron chi connectivity index (χ1n) is 13.7. The third kappa shape index (κ3) is 9.39. The third-order valence-electron chi connectivity index (χ3n) is 6.71. The van der Waals surface area contributed by atoms with Gasteiger partial charge in [0, 0.05) is 31.3 Å². The van der Waals surface area contributed by atoms with Gasteiger partial charge in [0.15, 0.2) is 11.6 Å². The molecule has 3 rings (SSSR count). The van der Waals surface area contributed by atoms with Gasteiger partial charge in [0.1, 0.15) is 11.6 Å². The van der Waals surface area contributed by atoms with E-state index in [1.54, 1.807) is 18.3 Å². The van der Waals surface area contributed by atoms with Gasteiger partial charge in [0.25, 0.3) is 0 Å². The summed E-state index contributed by atoms with van der Waals surface area (Å²) in [6, 6.07) is 4.34. The fraction of sp³-hybridized carbons (Fsp3) is 0.484. The monoisotopic (exact) mass is 543 g/mol. The number of halogens is 1. The quantitative estimate of drug-likeness (QED) is 0.279. The lowest BCUT2D eigenvalue weighted by Gasteiger charge is -2.31. The Labute approximate surface area is 233 Å². The second-order valence-electron chi connectivity index (χ2n) is 8.90. The van der Waals surface area contributed by atoms with Crippen LogP contribution in [0.5, 0.6) is 11.5 Å². The van der Waals surface area contributed by atoms with Gasteiger partial charge >= 0.3 is 0 Å². The second kappa shape index (κ2) is 17.2. The van der Waals surface area contributed by atoms with Crippen LogP contribution in [0, 0.1) is 18.7 Å². The SMILES string of the molecule is C=C/C(=C\C)c1cnc(N)c(OC(O)c2c(OC)ccc(F)c2C)c1.CC.CCC(=O)N1CCC(CC)CC1. The molecular weight excluding hydrogens is 497 g/mol. The number of aliphatic hydroxyl groups excluding tert-OH is 1. The number of nitrogens with zero attached hydrogens (tertiary/aromatic N) is 2. The molecule has 7 nitrogen and oxygen atoms in total. The predicted molar refractivity (Wildman–Crippen MR) is 157 cm³/mol. The molecule has 1 aromatic heterocycles. The number of likely N-dealkylation sites (tertiary alicyclic amines) is 1. The van der Waals surface area contributed by atoms with Crippen LogP contribution >= 0.6 is 0 Å². The Kier molecular flexibility index (Phi) is 14.9. The van der Waals surface area contributed by atoms with Crippen molar-refractivity contribution >= 4 is 17.3 Å². The van der Waals surface area contributed by atoms with Crippen LogP contribution in [0.4, 0.5) is 10.2 Å². The van der Waals surface area contributed by atoms with E-state index < -0.39 is 12.1 Å². The van der Waals surface area contributed by atoms with Crippen molar-refractivity contribution in [2.24, 2.45) is 5.92 Å². The molecule has 2 heterocycles. The highest BCUT2D eigenvalue weighted by Gasteiger charge is 2.22. The molecule has 0 bridgehead atoms. The van der Waals surface area contributed by atoms with E-state index in [9.17, 15) is 14.3 Å². The van der Waals surface area contributed by atoms with Crippen LogP contribution in [0.3, 0.4) is 0 Å². The molecule has 0 aliphatic carbocycles. The van der Waals surface area contributed by atoms with E-state index in [1.807, 2.05) is 38.7 Å². The molecule has 0 radical (unpaired) electrons. The van der Waals surface area contributed by atoms with E-state index in [2.05, 4.69) is 18.5 Å². The minimum absolute atomic E-state index is 0.107. The van der Waals surface area contributed by atoms with Crippen LogP contribution in [0.2, 0.25) is 0 Å². The van der Waals surface area contributed by atoms with Crippen molar-refractivity contribution in [3.05, 3.63) is 65.6 Å². The van der Waals surface area contributed by atoms with E-state index >= 15 is 0 Å². The van der Waals surface area contributed by atoms with E-state index in [1.165, 1.54) is 45.4 Å². The van der Waals surface area contributed by atoms with Crippen molar-refractivity contribution in [3.63, 3.8) is 0 Å². The summed E-state index contributed by atoms with van der Waals surface area (Å²) >= 11 is 0. The molecule has 3 N–H and O–H groups in total. The summed E-state index contributed by atoms with van der Waals surface area (Å²) in [4.78, 5) is 17.4. The number of hydrogen-bond donors (Lipinski definition) is 2. The standard InChI is InChI=1S/C19H21FN2O3.C10H19NO.C2H6/c1-5-12(6-2)13-9-16(18(21)22-10-13)25-19(23)17-11(3)14(20)7-8-15(17)24-4;1-3-9-5-7-11(8-6-9)10(12)4-2;1-2/h5-10,19,23H,1H2,2-4H3,(H2,21,22);9H,3-8H2,1-2H3;1-2H3/b12-6+;;. The summed E-state index contributed by atoms with van der Waals surface area (Å²) in [5.74, 6) is 1.32. The Morgan fingerprint density at radius 3 is 2.44 bits per heavy atom. The molecule has 216 valence electrons. The lowest BCUT2D eigenvalue weighted by molar-refractivity contribution is -0.132. The normalized spacial score (nSPS) is 14.3. The molecule has 1 atom stereocenters. The molecule has 0 saturated carbocycles. The smallest absolute Gasteiger partial charge is 0.228 e. The van der Waals surface area contributed by atoms with Gasteiger partial charge in [-0.2, -0.15) is 0 Å². The highest BCUT2D eigenvalue weighted by atomic mass is 19.1. The van der Waals surface area contributed by atoms with E-state index in [0.29, 0.717) is 18.1 Å². The second-order valence-corrected chi connectivity index (χ2v) is 8.90. The first kappa shape index (κ1) is 33.6. The van der Waals surface area contributed by atoms with E-state index in [4.69, 9.17) is 15.2 Å². The van der Waals surface area contributed by atoms with Crippen molar-refractivity contribution in [3.8, 4) is 11.5 Å². The topological polar surface area (TPSA) is 97.9 Å². The molecule has 39 heavy (non-hydrogen) atoms. The Morgan fingerprint density at radius 1 is 1.28 bits per heavy atom. The number of nitrogen functional groups attached to an aromatic ring is 1. The molecule has 1 unspecified atom stereocenters. The Balaban J connectivity index is 0.000000454. The Morgan fingerprint density at radius 2 is 1.92 bits per heavy atom. The number of aliphatic hydroxyl groups is 1. The zero-order chi connectivity index (χ0) is 29.5. The van der Waals surface area contributed by atoms with Gasteiger partial charge in [-0.15, -0.1) is 0 Å². The number of allylic oxidation sites excluding steroid dienone is 3. The van der Waals surface area contributed by atoms with Gasteiger partial charge in [0.05, 0.1) is 12.7 Å². The molecule has 1 aromatic carbocycles. The molecule has 1 fully saturated rings. The number of methoxy groups -OCH3 is 1. The van der Waals surface area contributed by atoms with E-state index in [0.717, 1.165) is 30.1 Å². The molecule has 1 saturated heterocycles. The molecular formula is C31H46FN3O4. The minimum atomic E-state index is -1.47. The maximum atomic E-state index is 13.9. The number of rotatable bonds is 8. The number of pyridine rings is 1. The molecule has 1 amide bonds. The van der Waals surface area contributed by atoms with Crippen LogP contribution < -0.4 is 15.2 Å². The number of aromatic nitrogens is 1. The van der Waals surface area contributed by atoms with Crippen LogP contribution in [0.1, 0.15) is 83.3 Å². The lowest BCUT2D eigenvalue weighted by Crippen LogP contribution is -2.37. The fourth-order valence-electron chi connectivity index (χ4n) is 4.27. The van der Waals surface area contributed by atoms with Gasteiger partial charge < -0.3 is 25.2 Å². The van der Waals surface area contributed by atoms with Gasteiger partial charge in [-0.1, -0.05) is 52.8 Å². The average Bonchev–Trinajstić information content (AvgIpc) is 2.97. The van der Waals surface area contributed by atoms with Crippen LogP contribution in [0.15, 0.2) is 43.1 Å². The van der Waals surface area contributed by atoms with Crippen molar-refractivity contribution < 1.29 is 23.8 Å². The molecule has 0 spiro atoms. The maximum absolute atomic E-state index is 13.9. The highest BCUT2D eigenvalue weighted by Crippen LogP contribution is 2.34. The number of carbonyl (C=O) groups excluding carboxylic acids is 1. The fourth-order valence-corrected chi connectivity index (χ4v) is 4.27. The number of nitrogens with two attached hydrogens (primary N) is 1. The van der Waals surface area contributed by atoms with Crippen molar-refractivity contribution in [2.75, 3.05) is 25.9 Å². The number of ether oxygens (including phenoxy) is 2. The van der Waals surface area contributed by atoms with Crippen molar-refractivity contribution in [2.45, 2.75) is 73.5 Å². The number of hydrogen-bond acceptors (Lipinski definition) is 6. The zero-order valence-electron chi connectivity index (χ0n) is 24.6. The first-order valence-corrected chi connectivity index (χ1v) is 13.7. The summed E-state index contributed by atoms with van der Waals surface area (Å²) < 4.78 is 24.6. The van der Waals surface area contributed by atoms with Crippen LogP contribution in [-0.4, -0.2) is 41.1 Å². The number of carbonyl (C=O) groups is 1. The molecule has 2 aromatic rings. The number of amides is 1. The number of benzene rings is 1. The minimum Gasteiger partial charge on any atom is -0.496 e. The van der Waals surface area contributed by atoms with Crippen molar-refractivity contribution in [1.29, 1.82) is 0 Å². The summed E-state index contributed by atoms with van der Waals surface area (Å²) in [5, 5.41) is 10.5. The van der Waals surface area contributed by atoms with Gasteiger partial charge in [-0.3, -0.25) is 4.79 Å². The summed E-state index contributed by atoms with van der Waals surface area (Å²) in [5.41, 5.74) is 7.84. The van der Waals surface area contributed by atoms with Crippen LogP contribution in [-0.2, 0) is 4.79 Å². The number of piperidine rings is 1. The largest absolute Gasteiger partial charge is 0.496 e. The summed E-state index contributed by atoms with van der Waals surface area (Å²) in [6.45, 7) is 17.3. The van der Waals surface area contributed by atoms with E-state index in [-0.39, 0.29) is 22.7 Å². The van der Waals surface area contributed by atoms with Gasteiger partial charge in [-0.05, 0) is 61.9 Å². The Hall–Kier alpha value is -3.39. The predicted octanol–water partition coefficient (Wildman–Crippen LogP) is 6.85. The summed E-state index contributed by atoms with van der Waals surface area (Å²) in [6.07, 6.45) is 8.00. The van der Waals surface area contributed by atoms with Crippen molar-refractivity contribution in [1.82, 2.24) is 9.88 Å². The average molecular weight is 544 g/mol. The summed E-state index contributed by atoms with van der Waals surface area (Å²) in [7, 11) is 1.43. The van der Waals surface area contributed by atoms with Gasteiger partial charge in [0.2, 0.25) is 12.2 Å². The Bertz CT molecular complexity index is 1100. The maximum Gasteiger partial charge on any atom is 0.228 e. The van der Waals surface area contributed by atoms with Crippen LogP contribution in [0.25, 0.3) is 5.57 Å². The molecule has 1 aliphatic rings. The third-order valence-corrected chi connectivity index (χ3v) is 6.71. The first-order chi connectivity index (χ1) is 18.7. The number of anilines is 1. The zero-order valence-corrected chi connectivity index (χ0v) is 24.6. The molecule has 1 aliphatic heterocycles.